The predicted molar refractivity (Wildman–Crippen MR) is 99.8 cm³/mol. The van der Waals surface area contributed by atoms with Crippen LogP contribution in [0.2, 0.25) is 5.02 Å². The van der Waals surface area contributed by atoms with E-state index in [1.807, 2.05) is 12.1 Å². The van der Waals surface area contributed by atoms with Crippen molar-refractivity contribution < 1.29 is 4.74 Å². The Kier molecular flexibility index (Phi) is 3.83. The minimum absolute atomic E-state index is 0.455. The first-order chi connectivity index (χ1) is 11.7. The first-order valence-electron chi connectivity index (χ1n) is 7.87. The average Bonchev–Trinajstić information content (AvgIpc) is 2.62. The summed E-state index contributed by atoms with van der Waals surface area (Å²) in [5.74, 6) is 0.739. The summed E-state index contributed by atoms with van der Waals surface area (Å²) in [5.41, 5.74) is 6.57. The molecule has 0 saturated heterocycles. The number of halogens is 1. The smallest absolute Gasteiger partial charge is 0.146 e. The van der Waals surface area contributed by atoms with Gasteiger partial charge in [0.2, 0.25) is 0 Å². The number of fused-ring (bicyclic) bond motifs is 1. The maximum absolute atomic E-state index is 5.99. The van der Waals surface area contributed by atoms with Gasteiger partial charge in [-0.05, 0) is 41.3 Å². The van der Waals surface area contributed by atoms with Crippen LogP contribution in [0.15, 0.2) is 71.7 Å². The summed E-state index contributed by atoms with van der Waals surface area (Å²) in [6, 6.07) is 22.4. The summed E-state index contributed by atoms with van der Waals surface area (Å²) in [7, 11) is 0. The number of aliphatic imine (C=N–C) groups is 1. The Morgan fingerprint density at radius 1 is 0.917 bits per heavy atom. The van der Waals surface area contributed by atoms with E-state index in [0.29, 0.717) is 11.6 Å². The number of aryl methyl sites for hydroxylation is 1. The lowest BCUT2D eigenvalue weighted by Gasteiger charge is -2.17. The van der Waals surface area contributed by atoms with Crippen LogP contribution >= 0.6 is 11.6 Å². The lowest BCUT2D eigenvalue weighted by molar-refractivity contribution is 0.373. The van der Waals surface area contributed by atoms with E-state index >= 15 is 0 Å². The molecule has 0 saturated carbocycles. The van der Waals surface area contributed by atoms with Crippen LogP contribution in [0.4, 0.5) is 5.69 Å². The van der Waals surface area contributed by atoms with E-state index in [1.54, 1.807) is 6.07 Å². The van der Waals surface area contributed by atoms with Gasteiger partial charge in [0.15, 0.2) is 0 Å². The van der Waals surface area contributed by atoms with Crippen molar-refractivity contribution >= 4 is 23.0 Å². The molecule has 1 aliphatic rings. The molecule has 0 aliphatic carbocycles. The zero-order valence-corrected chi connectivity index (χ0v) is 14.0. The van der Waals surface area contributed by atoms with Gasteiger partial charge in [-0.25, -0.2) is 4.99 Å². The summed E-state index contributed by atoms with van der Waals surface area (Å²) in [6.45, 7) is 2.58. The molecule has 3 aromatic carbocycles. The number of rotatable bonds is 2. The van der Waals surface area contributed by atoms with Crippen LogP contribution in [-0.4, -0.2) is 12.3 Å². The number of hydrogen-bond acceptors (Lipinski definition) is 2. The molecule has 118 valence electrons. The Morgan fingerprint density at radius 2 is 1.67 bits per heavy atom. The molecular formula is C21H16ClNO. The Balaban J connectivity index is 1.66. The van der Waals surface area contributed by atoms with Gasteiger partial charge in [-0.2, -0.15) is 0 Å². The maximum atomic E-state index is 5.99. The Labute approximate surface area is 146 Å². The summed E-state index contributed by atoms with van der Waals surface area (Å²) in [5, 5.41) is 0.662. The van der Waals surface area contributed by atoms with E-state index in [0.717, 1.165) is 22.7 Å². The minimum atomic E-state index is 0.455. The molecule has 0 spiro atoms. The largest absolute Gasteiger partial charge is 0.485 e. The molecule has 0 N–H and O–H groups in total. The zero-order chi connectivity index (χ0) is 16.5. The third-order valence-electron chi connectivity index (χ3n) is 4.22. The van der Waals surface area contributed by atoms with E-state index in [9.17, 15) is 0 Å². The summed E-state index contributed by atoms with van der Waals surface area (Å²) in [4.78, 5) is 4.71. The molecule has 3 heteroatoms. The Morgan fingerprint density at radius 3 is 2.46 bits per heavy atom. The van der Waals surface area contributed by atoms with Gasteiger partial charge in [0.25, 0.3) is 0 Å². The zero-order valence-electron chi connectivity index (χ0n) is 13.3. The number of nitrogens with zero attached hydrogens (tertiary/aromatic N) is 1. The third kappa shape index (κ3) is 2.81. The molecule has 0 bridgehead atoms. The van der Waals surface area contributed by atoms with Gasteiger partial charge in [0.05, 0.1) is 5.71 Å². The highest BCUT2D eigenvalue weighted by Gasteiger charge is 2.15. The van der Waals surface area contributed by atoms with E-state index in [1.165, 1.54) is 16.7 Å². The highest BCUT2D eigenvalue weighted by molar-refractivity contribution is 6.30. The fraction of sp³-hybridized carbons (Fsp3) is 0.0952. The van der Waals surface area contributed by atoms with Crippen molar-refractivity contribution in [2.75, 3.05) is 6.61 Å². The lowest BCUT2D eigenvalue weighted by Crippen LogP contribution is -2.16. The van der Waals surface area contributed by atoms with Crippen LogP contribution in [0.5, 0.6) is 5.75 Å². The van der Waals surface area contributed by atoms with Gasteiger partial charge in [-0.3, -0.25) is 0 Å². The first-order valence-corrected chi connectivity index (χ1v) is 8.25. The monoisotopic (exact) mass is 333 g/mol. The van der Waals surface area contributed by atoms with Crippen molar-refractivity contribution in [1.82, 2.24) is 0 Å². The van der Waals surface area contributed by atoms with Crippen molar-refractivity contribution in [1.29, 1.82) is 0 Å². The van der Waals surface area contributed by atoms with E-state index in [-0.39, 0.29) is 0 Å². The fourth-order valence-corrected chi connectivity index (χ4v) is 3.07. The van der Waals surface area contributed by atoms with Crippen molar-refractivity contribution in [3.63, 3.8) is 0 Å². The van der Waals surface area contributed by atoms with Gasteiger partial charge < -0.3 is 4.74 Å². The van der Waals surface area contributed by atoms with Gasteiger partial charge >= 0.3 is 0 Å². The second-order valence-corrected chi connectivity index (χ2v) is 6.29. The van der Waals surface area contributed by atoms with Crippen LogP contribution in [0.25, 0.3) is 11.1 Å². The molecule has 0 fully saturated rings. The van der Waals surface area contributed by atoms with Crippen LogP contribution in [0, 0.1) is 6.92 Å². The molecular weight excluding hydrogens is 318 g/mol. The molecule has 0 unspecified atom stereocenters. The van der Waals surface area contributed by atoms with E-state index in [4.69, 9.17) is 21.3 Å². The molecule has 0 aromatic heterocycles. The van der Waals surface area contributed by atoms with Crippen molar-refractivity contribution in [3.8, 4) is 16.9 Å². The molecule has 24 heavy (non-hydrogen) atoms. The third-order valence-corrected chi connectivity index (χ3v) is 4.45. The second-order valence-electron chi connectivity index (χ2n) is 5.85. The Hall–Kier alpha value is -2.58. The van der Waals surface area contributed by atoms with E-state index < -0.39 is 0 Å². The second kappa shape index (κ2) is 6.14. The molecule has 1 aliphatic heterocycles. The standard InChI is InChI=1S/C21H16ClNO/c1-14-4-2-3-5-18(14)15-6-8-16(9-7-15)20-13-24-21-12-17(22)10-11-19(21)23-20/h2-12H,13H2,1H3. The summed E-state index contributed by atoms with van der Waals surface area (Å²) >= 11 is 5.99. The summed E-state index contributed by atoms with van der Waals surface area (Å²) in [6.07, 6.45) is 0. The number of benzene rings is 3. The SMILES string of the molecule is Cc1ccccc1-c1ccc(C2=Nc3ccc(Cl)cc3OC2)cc1. The van der Waals surface area contributed by atoms with Crippen LogP contribution in [0.3, 0.4) is 0 Å². The van der Waals surface area contributed by atoms with Gasteiger partial charge in [-0.1, -0.05) is 60.1 Å². The fourth-order valence-electron chi connectivity index (χ4n) is 2.91. The maximum Gasteiger partial charge on any atom is 0.146 e. The summed E-state index contributed by atoms with van der Waals surface area (Å²) < 4.78 is 5.79. The molecule has 0 atom stereocenters. The molecule has 0 amide bonds. The molecule has 3 aromatic rings. The minimum Gasteiger partial charge on any atom is -0.485 e. The number of hydrogen-bond donors (Lipinski definition) is 0. The lowest BCUT2D eigenvalue weighted by atomic mass is 9.98. The van der Waals surface area contributed by atoms with Crippen molar-refractivity contribution in [2.24, 2.45) is 4.99 Å². The Bertz CT molecular complexity index is 929. The molecule has 1 heterocycles. The quantitative estimate of drug-likeness (QED) is 0.578. The first kappa shape index (κ1) is 15.0. The predicted octanol–water partition coefficient (Wildman–Crippen LogP) is 5.83. The molecule has 0 radical (unpaired) electrons. The van der Waals surface area contributed by atoms with Gasteiger partial charge in [-0.15, -0.1) is 0 Å². The van der Waals surface area contributed by atoms with Gasteiger partial charge in [0.1, 0.15) is 18.0 Å². The van der Waals surface area contributed by atoms with Crippen LogP contribution < -0.4 is 4.74 Å². The normalized spacial score (nSPS) is 13.0. The van der Waals surface area contributed by atoms with Gasteiger partial charge in [0, 0.05) is 11.1 Å². The van der Waals surface area contributed by atoms with Crippen molar-refractivity contribution in [3.05, 3.63) is 82.9 Å². The number of ether oxygens (including phenoxy) is 1. The average molecular weight is 334 g/mol. The molecule has 4 rings (SSSR count). The van der Waals surface area contributed by atoms with Crippen molar-refractivity contribution in [2.45, 2.75) is 6.92 Å². The van der Waals surface area contributed by atoms with Crippen LogP contribution in [0.1, 0.15) is 11.1 Å². The van der Waals surface area contributed by atoms with E-state index in [2.05, 4.69) is 55.5 Å². The highest BCUT2D eigenvalue weighted by atomic mass is 35.5. The van der Waals surface area contributed by atoms with Crippen LogP contribution in [-0.2, 0) is 0 Å². The highest BCUT2D eigenvalue weighted by Crippen LogP contribution is 2.34. The topological polar surface area (TPSA) is 21.6 Å². The molecule has 2 nitrogen and oxygen atoms in total.